The molecule has 0 heterocycles. The molecule has 2 amide bonds. The number of anilines is 1. The van der Waals surface area contributed by atoms with Crippen molar-refractivity contribution in [3.05, 3.63) is 30.3 Å². The second kappa shape index (κ2) is 7.27. The lowest BCUT2D eigenvalue weighted by atomic mass is 10.3. The van der Waals surface area contributed by atoms with Crippen LogP contribution in [0.5, 0.6) is 0 Å². The molecule has 0 spiro atoms. The number of carbonyl (C=O) groups excluding carboxylic acids is 2. The number of hydrogen-bond donors (Lipinski definition) is 2. The molecular weight excluding hydrogens is 220 g/mol. The van der Waals surface area contributed by atoms with Crippen molar-refractivity contribution >= 4 is 17.7 Å². The van der Waals surface area contributed by atoms with Gasteiger partial charge in [-0.1, -0.05) is 18.2 Å². The SMILES string of the molecule is COC(=O)CCCNC(=O)Nc1ccccc1. The highest BCUT2D eigenvalue weighted by Gasteiger charge is 2.02. The largest absolute Gasteiger partial charge is 0.469 e. The molecule has 0 aliphatic rings. The molecule has 0 bridgehead atoms. The molecule has 17 heavy (non-hydrogen) atoms. The Bertz CT molecular complexity index is 365. The molecule has 0 saturated carbocycles. The van der Waals surface area contributed by atoms with Gasteiger partial charge in [0.05, 0.1) is 7.11 Å². The Morgan fingerprint density at radius 3 is 2.59 bits per heavy atom. The van der Waals surface area contributed by atoms with E-state index in [1.54, 1.807) is 12.1 Å². The van der Waals surface area contributed by atoms with Crippen molar-refractivity contribution in [1.29, 1.82) is 0 Å². The third-order valence-electron chi connectivity index (χ3n) is 2.10. The molecule has 5 heteroatoms. The maximum atomic E-state index is 11.4. The van der Waals surface area contributed by atoms with E-state index in [1.807, 2.05) is 18.2 Å². The fourth-order valence-corrected chi connectivity index (χ4v) is 1.23. The molecular formula is C12H16N2O3. The van der Waals surface area contributed by atoms with Gasteiger partial charge in [0.15, 0.2) is 0 Å². The lowest BCUT2D eigenvalue weighted by Crippen LogP contribution is -2.29. The topological polar surface area (TPSA) is 67.4 Å². The van der Waals surface area contributed by atoms with Crippen LogP contribution in [0, 0.1) is 0 Å². The number of benzene rings is 1. The summed E-state index contributed by atoms with van der Waals surface area (Å²) in [5.41, 5.74) is 0.734. The summed E-state index contributed by atoms with van der Waals surface area (Å²) in [6.45, 7) is 0.438. The standard InChI is InChI=1S/C12H16N2O3/c1-17-11(15)8-5-9-13-12(16)14-10-6-3-2-4-7-10/h2-4,6-7H,5,8-9H2,1H3,(H2,13,14,16). The third kappa shape index (κ3) is 5.55. The number of methoxy groups -OCH3 is 1. The normalized spacial score (nSPS) is 9.47. The van der Waals surface area contributed by atoms with Gasteiger partial charge in [-0.15, -0.1) is 0 Å². The van der Waals surface area contributed by atoms with Gasteiger partial charge in [0, 0.05) is 18.7 Å². The van der Waals surface area contributed by atoms with Crippen molar-refractivity contribution in [2.75, 3.05) is 19.0 Å². The highest BCUT2D eigenvalue weighted by Crippen LogP contribution is 2.04. The molecule has 0 aliphatic carbocycles. The van der Waals surface area contributed by atoms with E-state index in [0.29, 0.717) is 19.4 Å². The van der Waals surface area contributed by atoms with Crippen molar-refractivity contribution in [3.63, 3.8) is 0 Å². The lowest BCUT2D eigenvalue weighted by Gasteiger charge is -2.06. The molecule has 1 aromatic carbocycles. The second-order valence-electron chi connectivity index (χ2n) is 3.43. The first-order valence-corrected chi connectivity index (χ1v) is 5.39. The average molecular weight is 236 g/mol. The quantitative estimate of drug-likeness (QED) is 0.604. The van der Waals surface area contributed by atoms with Gasteiger partial charge < -0.3 is 15.4 Å². The van der Waals surface area contributed by atoms with Gasteiger partial charge >= 0.3 is 12.0 Å². The molecule has 0 fully saturated rings. The number of urea groups is 1. The molecule has 0 saturated heterocycles. The third-order valence-corrected chi connectivity index (χ3v) is 2.10. The van der Waals surface area contributed by atoms with Crippen LogP contribution in [0.15, 0.2) is 30.3 Å². The van der Waals surface area contributed by atoms with Crippen molar-refractivity contribution in [1.82, 2.24) is 5.32 Å². The van der Waals surface area contributed by atoms with Gasteiger partial charge in [-0.2, -0.15) is 0 Å². The van der Waals surface area contributed by atoms with Gasteiger partial charge in [0.1, 0.15) is 0 Å². The zero-order valence-corrected chi connectivity index (χ0v) is 9.73. The fourth-order valence-electron chi connectivity index (χ4n) is 1.23. The second-order valence-corrected chi connectivity index (χ2v) is 3.43. The maximum absolute atomic E-state index is 11.4. The van der Waals surface area contributed by atoms with Gasteiger partial charge in [0.25, 0.3) is 0 Å². The van der Waals surface area contributed by atoms with Crippen LogP contribution in [0.1, 0.15) is 12.8 Å². The van der Waals surface area contributed by atoms with Crippen LogP contribution in [0.2, 0.25) is 0 Å². The van der Waals surface area contributed by atoms with E-state index in [4.69, 9.17) is 0 Å². The van der Waals surface area contributed by atoms with Gasteiger partial charge in [-0.05, 0) is 18.6 Å². The molecule has 0 radical (unpaired) electrons. The minimum atomic E-state index is -0.277. The van der Waals surface area contributed by atoms with Crippen molar-refractivity contribution < 1.29 is 14.3 Å². The number of rotatable bonds is 5. The van der Waals surface area contributed by atoms with E-state index in [0.717, 1.165) is 5.69 Å². The van der Waals surface area contributed by atoms with Crippen LogP contribution in [0.25, 0.3) is 0 Å². The number of amides is 2. The zero-order chi connectivity index (χ0) is 12.5. The molecule has 0 unspecified atom stereocenters. The van der Waals surface area contributed by atoms with Crippen LogP contribution < -0.4 is 10.6 Å². The van der Waals surface area contributed by atoms with Gasteiger partial charge in [0.2, 0.25) is 0 Å². The van der Waals surface area contributed by atoms with E-state index in [-0.39, 0.29) is 12.0 Å². The fraction of sp³-hybridized carbons (Fsp3) is 0.333. The minimum Gasteiger partial charge on any atom is -0.469 e. The first-order chi connectivity index (χ1) is 8.22. The van der Waals surface area contributed by atoms with Crippen LogP contribution in [-0.2, 0) is 9.53 Å². The molecule has 1 aromatic rings. The monoisotopic (exact) mass is 236 g/mol. The Morgan fingerprint density at radius 1 is 1.24 bits per heavy atom. The molecule has 92 valence electrons. The summed E-state index contributed by atoms with van der Waals surface area (Å²) in [4.78, 5) is 22.2. The number of esters is 1. The molecule has 2 N–H and O–H groups in total. The molecule has 0 aromatic heterocycles. The Morgan fingerprint density at radius 2 is 1.94 bits per heavy atom. The summed E-state index contributed by atoms with van der Waals surface area (Å²) in [6.07, 6.45) is 0.872. The van der Waals surface area contributed by atoms with E-state index in [1.165, 1.54) is 7.11 Å². The highest BCUT2D eigenvalue weighted by molar-refractivity contribution is 5.89. The summed E-state index contributed by atoms with van der Waals surface area (Å²) >= 11 is 0. The van der Waals surface area contributed by atoms with E-state index < -0.39 is 0 Å². The van der Waals surface area contributed by atoms with E-state index >= 15 is 0 Å². The number of para-hydroxylation sites is 1. The Hall–Kier alpha value is -2.04. The first-order valence-electron chi connectivity index (χ1n) is 5.39. The molecule has 0 atom stereocenters. The van der Waals surface area contributed by atoms with Crippen LogP contribution >= 0.6 is 0 Å². The number of ether oxygens (including phenoxy) is 1. The highest BCUT2D eigenvalue weighted by atomic mass is 16.5. The Labute approximate surface area is 100 Å². The van der Waals surface area contributed by atoms with Gasteiger partial charge in [-0.25, -0.2) is 4.79 Å². The first kappa shape index (κ1) is 13.0. The van der Waals surface area contributed by atoms with Crippen LogP contribution in [-0.4, -0.2) is 25.7 Å². The lowest BCUT2D eigenvalue weighted by molar-refractivity contribution is -0.140. The average Bonchev–Trinajstić information content (AvgIpc) is 2.35. The Balaban J connectivity index is 2.16. The smallest absolute Gasteiger partial charge is 0.319 e. The summed E-state index contributed by atoms with van der Waals surface area (Å²) in [5, 5.41) is 5.33. The summed E-state index contributed by atoms with van der Waals surface area (Å²) in [7, 11) is 1.35. The number of carbonyl (C=O) groups is 2. The molecule has 1 rings (SSSR count). The molecule has 5 nitrogen and oxygen atoms in total. The predicted molar refractivity (Wildman–Crippen MR) is 64.7 cm³/mol. The van der Waals surface area contributed by atoms with Crippen molar-refractivity contribution in [2.24, 2.45) is 0 Å². The van der Waals surface area contributed by atoms with Crippen molar-refractivity contribution in [3.8, 4) is 0 Å². The Kier molecular flexibility index (Phi) is 5.57. The van der Waals surface area contributed by atoms with E-state index in [9.17, 15) is 9.59 Å². The van der Waals surface area contributed by atoms with Crippen LogP contribution in [0.3, 0.4) is 0 Å². The summed E-state index contributed by atoms with van der Waals surface area (Å²) < 4.78 is 4.49. The van der Waals surface area contributed by atoms with Crippen molar-refractivity contribution in [2.45, 2.75) is 12.8 Å². The van der Waals surface area contributed by atoms with E-state index in [2.05, 4.69) is 15.4 Å². The number of nitrogens with one attached hydrogen (secondary N) is 2. The maximum Gasteiger partial charge on any atom is 0.319 e. The number of hydrogen-bond acceptors (Lipinski definition) is 3. The predicted octanol–water partition coefficient (Wildman–Crippen LogP) is 1.76. The van der Waals surface area contributed by atoms with Gasteiger partial charge in [-0.3, -0.25) is 4.79 Å². The van der Waals surface area contributed by atoms with Crippen LogP contribution in [0.4, 0.5) is 10.5 Å². The summed E-state index contributed by atoms with van der Waals surface area (Å²) in [5.74, 6) is -0.268. The zero-order valence-electron chi connectivity index (χ0n) is 9.73. The minimum absolute atomic E-state index is 0.268. The summed E-state index contributed by atoms with van der Waals surface area (Å²) in [6, 6.07) is 8.88. The molecule has 0 aliphatic heterocycles.